The average Bonchev–Trinajstić information content (AvgIpc) is 3.18. The predicted octanol–water partition coefficient (Wildman–Crippen LogP) is 1.62. The number of phenols is 1. The molecule has 0 saturated carbocycles. The number of aromatic hydroxyl groups is 1. The second-order valence-corrected chi connectivity index (χ2v) is 7.53. The summed E-state index contributed by atoms with van der Waals surface area (Å²) in [5, 5.41) is 21.9. The Morgan fingerprint density at radius 1 is 1.22 bits per heavy atom. The van der Waals surface area contributed by atoms with E-state index in [-0.39, 0.29) is 30.0 Å². The fourth-order valence-electron chi connectivity index (χ4n) is 3.77. The van der Waals surface area contributed by atoms with E-state index < -0.39 is 30.5 Å². The van der Waals surface area contributed by atoms with Crippen molar-refractivity contribution < 1.29 is 33.7 Å². The lowest BCUT2D eigenvalue weighted by molar-refractivity contribution is 0.0913. The van der Waals surface area contributed by atoms with Gasteiger partial charge in [0.2, 0.25) is 0 Å². The lowest BCUT2D eigenvalue weighted by atomic mass is 10.1. The number of nitrogens with zero attached hydrogens (tertiary/aromatic N) is 2. The van der Waals surface area contributed by atoms with Crippen molar-refractivity contribution in [1.29, 1.82) is 0 Å². The number of aliphatic hydroxyl groups is 1. The number of amides is 2. The number of hydrogen-bond donors (Lipinski definition) is 3. The molecule has 0 radical (unpaired) electrons. The summed E-state index contributed by atoms with van der Waals surface area (Å²) in [6.45, 7) is 2.02. The number of hydrogen-bond acceptors (Lipinski definition) is 7. The van der Waals surface area contributed by atoms with Gasteiger partial charge in [-0.3, -0.25) is 9.69 Å². The summed E-state index contributed by atoms with van der Waals surface area (Å²) in [7, 11) is 0. The van der Waals surface area contributed by atoms with Gasteiger partial charge in [-0.25, -0.2) is 9.18 Å². The lowest BCUT2D eigenvalue weighted by Crippen LogP contribution is -2.37. The second kappa shape index (κ2) is 9.41. The Hall–Kier alpha value is -3.37. The molecule has 2 saturated heterocycles. The summed E-state index contributed by atoms with van der Waals surface area (Å²) in [4.78, 5) is 27.9. The van der Waals surface area contributed by atoms with Crippen LogP contribution in [0, 0.1) is 5.82 Å². The van der Waals surface area contributed by atoms with E-state index in [1.165, 1.54) is 23.1 Å². The fourth-order valence-corrected chi connectivity index (χ4v) is 3.77. The van der Waals surface area contributed by atoms with E-state index in [0.29, 0.717) is 37.7 Å². The number of anilines is 2. The van der Waals surface area contributed by atoms with Gasteiger partial charge in [-0.15, -0.1) is 0 Å². The molecule has 2 aromatic rings. The third kappa shape index (κ3) is 4.46. The number of carbonyl (C=O) groups is 2. The van der Waals surface area contributed by atoms with Crippen LogP contribution >= 0.6 is 0 Å². The van der Waals surface area contributed by atoms with E-state index >= 15 is 0 Å². The van der Waals surface area contributed by atoms with Gasteiger partial charge in [0.15, 0.2) is 0 Å². The molecule has 0 bridgehead atoms. The van der Waals surface area contributed by atoms with E-state index in [9.17, 15) is 24.2 Å². The molecule has 0 spiro atoms. The maximum atomic E-state index is 14.7. The number of benzene rings is 2. The molecule has 0 aromatic heterocycles. The Labute approximate surface area is 183 Å². The Bertz CT molecular complexity index is 1010. The number of para-hydroxylation sites is 1. The Morgan fingerprint density at radius 3 is 2.72 bits per heavy atom. The molecule has 10 heteroatoms. The Balaban J connectivity index is 1.38. The molecule has 170 valence electrons. The van der Waals surface area contributed by atoms with E-state index in [4.69, 9.17) is 9.47 Å². The summed E-state index contributed by atoms with van der Waals surface area (Å²) in [6.07, 6.45) is -1.27. The largest absolute Gasteiger partial charge is 0.507 e. The number of nitrogens with one attached hydrogen (secondary N) is 1. The molecule has 2 aliphatic rings. The van der Waals surface area contributed by atoms with Crippen molar-refractivity contribution in [3.63, 3.8) is 0 Å². The number of halogens is 1. The molecule has 9 nitrogen and oxygen atoms in total. The number of aliphatic hydroxyl groups excluding tert-OH is 1. The maximum Gasteiger partial charge on any atom is 0.414 e. The fraction of sp³-hybridized carbons (Fsp3) is 0.364. The first-order valence-corrected chi connectivity index (χ1v) is 10.3. The zero-order chi connectivity index (χ0) is 22.7. The predicted molar refractivity (Wildman–Crippen MR) is 113 cm³/mol. The highest BCUT2D eigenvalue weighted by Crippen LogP contribution is 2.28. The number of ether oxygens (including phenoxy) is 2. The monoisotopic (exact) mass is 445 g/mol. The first-order valence-electron chi connectivity index (χ1n) is 10.3. The van der Waals surface area contributed by atoms with E-state index in [1.807, 2.05) is 4.90 Å². The van der Waals surface area contributed by atoms with Gasteiger partial charge in [-0.05, 0) is 24.3 Å². The number of rotatable bonds is 6. The van der Waals surface area contributed by atoms with Crippen molar-refractivity contribution in [3.05, 3.63) is 53.3 Å². The molecule has 2 heterocycles. The van der Waals surface area contributed by atoms with Gasteiger partial charge < -0.3 is 29.9 Å². The zero-order valence-electron chi connectivity index (χ0n) is 17.3. The van der Waals surface area contributed by atoms with Crippen molar-refractivity contribution in [3.8, 4) is 5.75 Å². The summed E-state index contributed by atoms with van der Waals surface area (Å²) in [5.41, 5.74) is 1.07. The van der Waals surface area contributed by atoms with Crippen molar-refractivity contribution in [1.82, 2.24) is 5.32 Å². The normalized spacial score (nSPS) is 18.6. The van der Waals surface area contributed by atoms with Crippen LogP contribution in [0.1, 0.15) is 15.9 Å². The number of cyclic esters (lactones) is 1. The van der Waals surface area contributed by atoms with Crippen LogP contribution in [-0.2, 0) is 16.1 Å². The van der Waals surface area contributed by atoms with Crippen LogP contribution in [0.2, 0.25) is 0 Å². The number of carbonyl (C=O) groups excluding carboxylic acids is 2. The molecule has 0 unspecified atom stereocenters. The molecule has 3 N–H and O–H groups in total. The molecule has 2 aromatic carbocycles. The third-order valence-corrected chi connectivity index (χ3v) is 5.49. The van der Waals surface area contributed by atoms with E-state index in [0.717, 1.165) is 0 Å². The van der Waals surface area contributed by atoms with Crippen LogP contribution < -0.4 is 15.1 Å². The zero-order valence-corrected chi connectivity index (χ0v) is 17.3. The Morgan fingerprint density at radius 2 is 2.00 bits per heavy atom. The molecular formula is C22H24FN3O6. The van der Waals surface area contributed by atoms with Gasteiger partial charge in [0.1, 0.15) is 17.7 Å². The van der Waals surface area contributed by atoms with Gasteiger partial charge in [0.25, 0.3) is 5.91 Å². The van der Waals surface area contributed by atoms with Gasteiger partial charge in [-0.2, -0.15) is 0 Å². The molecule has 4 rings (SSSR count). The van der Waals surface area contributed by atoms with Crippen LogP contribution in [0.15, 0.2) is 36.4 Å². The summed E-state index contributed by atoms with van der Waals surface area (Å²) in [6, 6.07) is 9.07. The second-order valence-electron chi connectivity index (χ2n) is 7.53. The molecule has 0 aliphatic carbocycles. The smallest absolute Gasteiger partial charge is 0.414 e. The van der Waals surface area contributed by atoms with Gasteiger partial charge in [0.05, 0.1) is 49.8 Å². The first-order chi connectivity index (χ1) is 15.5. The molecule has 2 fully saturated rings. The Kier molecular flexibility index (Phi) is 6.42. The van der Waals surface area contributed by atoms with Gasteiger partial charge in [-0.1, -0.05) is 12.1 Å². The molecule has 2 amide bonds. The SMILES string of the molecule is O=C(NC[C@H]1CN(c2ccc(N3CCOCC3)c(F)c2)C(=O)O1)c1cccc(CO)c1O. The van der Waals surface area contributed by atoms with Crippen LogP contribution in [0.25, 0.3) is 0 Å². The highest BCUT2D eigenvalue weighted by atomic mass is 19.1. The van der Waals surface area contributed by atoms with Crippen LogP contribution in [0.3, 0.4) is 0 Å². The van der Waals surface area contributed by atoms with Crippen LogP contribution in [-0.4, -0.2) is 67.7 Å². The first kappa shape index (κ1) is 21.8. The van der Waals surface area contributed by atoms with E-state index in [2.05, 4.69) is 5.32 Å². The van der Waals surface area contributed by atoms with Crippen molar-refractivity contribution in [2.75, 3.05) is 49.2 Å². The highest BCUT2D eigenvalue weighted by Gasteiger charge is 2.33. The van der Waals surface area contributed by atoms with Gasteiger partial charge in [0, 0.05) is 18.7 Å². The number of morpholine rings is 1. The molecular weight excluding hydrogens is 421 g/mol. The molecule has 2 aliphatic heterocycles. The highest BCUT2D eigenvalue weighted by molar-refractivity contribution is 5.97. The molecule has 1 atom stereocenters. The summed E-state index contributed by atoms with van der Waals surface area (Å²) < 4.78 is 25.3. The maximum absolute atomic E-state index is 14.7. The summed E-state index contributed by atoms with van der Waals surface area (Å²) >= 11 is 0. The minimum Gasteiger partial charge on any atom is -0.507 e. The minimum atomic E-state index is -0.642. The van der Waals surface area contributed by atoms with Crippen LogP contribution in [0.5, 0.6) is 5.75 Å². The van der Waals surface area contributed by atoms with Crippen LogP contribution in [0.4, 0.5) is 20.6 Å². The van der Waals surface area contributed by atoms with Gasteiger partial charge >= 0.3 is 6.09 Å². The third-order valence-electron chi connectivity index (χ3n) is 5.49. The molecule has 32 heavy (non-hydrogen) atoms. The van der Waals surface area contributed by atoms with Crippen molar-refractivity contribution >= 4 is 23.4 Å². The average molecular weight is 445 g/mol. The van der Waals surface area contributed by atoms with Crippen molar-refractivity contribution in [2.24, 2.45) is 0 Å². The van der Waals surface area contributed by atoms with Crippen molar-refractivity contribution in [2.45, 2.75) is 12.7 Å². The van der Waals surface area contributed by atoms with E-state index in [1.54, 1.807) is 18.2 Å². The lowest BCUT2D eigenvalue weighted by Gasteiger charge is -2.29. The summed E-state index contributed by atoms with van der Waals surface area (Å²) in [5.74, 6) is -1.30. The minimum absolute atomic E-state index is 0.0121. The standard InChI is InChI=1S/C22H24FN3O6/c23-18-10-15(4-5-19(18)25-6-8-31-9-7-25)26-12-16(32-22(26)30)11-24-21(29)17-3-1-2-14(13-27)20(17)28/h1-5,10,16,27-28H,6-9,11-13H2,(H,24,29)/t16-/m0/s1. The quantitative estimate of drug-likeness (QED) is 0.620. The topological polar surface area (TPSA) is 112 Å².